The van der Waals surface area contributed by atoms with E-state index < -0.39 is 23.0 Å². The molecule has 0 radical (unpaired) electrons. The Balaban J connectivity index is 2.23. The molecular weight excluding hydrogens is 305 g/mol. The fourth-order valence-corrected chi connectivity index (χ4v) is 3.28. The third kappa shape index (κ3) is 3.69. The predicted molar refractivity (Wildman–Crippen MR) is 72.2 cm³/mol. The van der Waals surface area contributed by atoms with E-state index in [1.807, 2.05) is 0 Å². The van der Waals surface area contributed by atoms with E-state index in [1.165, 1.54) is 22.7 Å². The van der Waals surface area contributed by atoms with Crippen molar-refractivity contribution in [2.75, 3.05) is 12.3 Å². The second kappa shape index (κ2) is 5.97. The van der Waals surface area contributed by atoms with Crippen molar-refractivity contribution in [3.63, 3.8) is 0 Å². The molecule has 1 saturated heterocycles. The molecule has 1 atom stereocenters. The van der Waals surface area contributed by atoms with Gasteiger partial charge in [-0.2, -0.15) is 13.2 Å². The van der Waals surface area contributed by atoms with Crippen LogP contribution in [0.1, 0.15) is 22.9 Å². The van der Waals surface area contributed by atoms with Crippen molar-refractivity contribution in [2.24, 2.45) is 5.73 Å². The fourth-order valence-electron chi connectivity index (χ4n) is 2.07. The van der Waals surface area contributed by atoms with Crippen LogP contribution in [0.5, 0.6) is 0 Å². The zero-order valence-corrected chi connectivity index (χ0v) is 11.7. The second-order valence-corrected chi connectivity index (χ2v) is 5.66. The molecule has 0 aliphatic carbocycles. The molecule has 1 unspecified atom stereocenters. The summed E-state index contributed by atoms with van der Waals surface area (Å²) in [4.78, 5) is 24.0. The third-order valence-corrected chi connectivity index (χ3v) is 4.32. The first-order valence-electron chi connectivity index (χ1n) is 6.15. The van der Waals surface area contributed by atoms with Crippen molar-refractivity contribution in [3.05, 3.63) is 35.4 Å². The van der Waals surface area contributed by atoms with E-state index in [9.17, 15) is 22.8 Å². The van der Waals surface area contributed by atoms with Crippen molar-refractivity contribution >= 4 is 23.6 Å². The zero-order chi connectivity index (χ0) is 15.6. The number of amides is 2. The summed E-state index contributed by atoms with van der Waals surface area (Å²) in [6.07, 6.45) is -4.44. The van der Waals surface area contributed by atoms with E-state index in [2.05, 4.69) is 0 Å². The second-order valence-electron chi connectivity index (χ2n) is 4.59. The van der Waals surface area contributed by atoms with Crippen molar-refractivity contribution in [3.8, 4) is 0 Å². The van der Waals surface area contributed by atoms with Gasteiger partial charge in [0.05, 0.1) is 11.3 Å². The Hall–Kier alpha value is -1.70. The average Bonchev–Trinajstić information content (AvgIpc) is 2.77. The molecule has 114 valence electrons. The number of alkyl halides is 3. The lowest BCUT2D eigenvalue weighted by atomic mass is 10.1. The molecule has 1 aromatic rings. The van der Waals surface area contributed by atoms with Gasteiger partial charge < -0.3 is 10.6 Å². The van der Waals surface area contributed by atoms with Crippen molar-refractivity contribution in [1.29, 1.82) is 0 Å². The molecule has 0 saturated carbocycles. The molecule has 0 bridgehead atoms. The lowest BCUT2D eigenvalue weighted by molar-refractivity contribution is -0.137. The molecule has 1 fully saturated rings. The minimum absolute atomic E-state index is 0.0121. The highest BCUT2D eigenvalue weighted by Crippen LogP contribution is 2.40. The van der Waals surface area contributed by atoms with Crippen LogP contribution in [0.2, 0.25) is 0 Å². The van der Waals surface area contributed by atoms with E-state index in [0.717, 1.165) is 12.1 Å². The number of halogens is 3. The van der Waals surface area contributed by atoms with Crippen LogP contribution in [0.15, 0.2) is 24.3 Å². The predicted octanol–water partition coefficient (Wildman–Crippen LogP) is 2.15. The summed E-state index contributed by atoms with van der Waals surface area (Å²) in [5.74, 6) is -0.578. The van der Waals surface area contributed by atoms with Crippen LogP contribution >= 0.6 is 11.8 Å². The monoisotopic (exact) mass is 318 g/mol. The Labute approximate surface area is 123 Å². The Kier molecular flexibility index (Phi) is 4.46. The number of nitrogens with zero attached hydrogens (tertiary/aromatic N) is 1. The number of thioether (sulfide) groups is 1. The van der Waals surface area contributed by atoms with E-state index in [1.54, 1.807) is 6.07 Å². The van der Waals surface area contributed by atoms with Crippen LogP contribution in [-0.4, -0.2) is 29.0 Å². The summed E-state index contributed by atoms with van der Waals surface area (Å²) in [5.41, 5.74) is 4.69. The maximum absolute atomic E-state index is 12.7. The van der Waals surface area contributed by atoms with Crippen molar-refractivity contribution in [1.82, 2.24) is 4.90 Å². The van der Waals surface area contributed by atoms with Crippen LogP contribution in [-0.2, 0) is 15.8 Å². The normalized spacial score (nSPS) is 19.1. The number of benzene rings is 1. The van der Waals surface area contributed by atoms with Gasteiger partial charge in [-0.25, -0.2) is 0 Å². The number of carbonyl (C=O) groups is 2. The van der Waals surface area contributed by atoms with Crippen LogP contribution in [0, 0.1) is 0 Å². The summed E-state index contributed by atoms with van der Waals surface area (Å²) in [6.45, 7) is 0.113. The number of hydrogen-bond acceptors (Lipinski definition) is 3. The van der Waals surface area contributed by atoms with Gasteiger partial charge in [0.15, 0.2) is 0 Å². The number of hydrogen-bond donors (Lipinski definition) is 1. The molecule has 2 amide bonds. The molecule has 2 N–H and O–H groups in total. The van der Waals surface area contributed by atoms with Crippen LogP contribution < -0.4 is 5.73 Å². The molecule has 0 spiro atoms. The molecule has 1 aliphatic heterocycles. The largest absolute Gasteiger partial charge is 0.416 e. The molecule has 1 aliphatic rings. The first kappa shape index (κ1) is 15.7. The van der Waals surface area contributed by atoms with Crippen molar-refractivity contribution < 1.29 is 22.8 Å². The molecule has 4 nitrogen and oxygen atoms in total. The summed E-state index contributed by atoms with van der Waals surface area (Å²) in [7, 11) is 0. The summed E-state index contributed by atoms with van der Waals surface area (Å²) in [5, 5.41) is -0.515. The number of carbonyl (C=O) groups excluding carboxylic acids is 2. The highest BCUT2D eigenvalue weighted by molar-refractivity contribution is 8.00. The first-order chi connectivity index (χ1) is 9.79. The van der Waals surface area contributed by atoms with Crippen molar-refractivity contribution in [2.45, 2.75) is 18.0 Å². The van der Waals surface area contributed by atoms with Gasteiger partial charge in [-0.3, -0.25) is 9.59 Å². The Morgan fingerprint density at radius 1 is 1.43 bits per heavy atom. The molecule has 1 aromatic carbocycles. The Morgan fingerprint density at radius 3 is 2.76 bits per heavy atom. The standard InChI is InChI=1S/C13H13F3N2O2S/c14-13(15,16)9-3-1-2-8(6-9)12-18(5-4-10(17)19)11(20)7-21-12/h1-3,6,12H,4-5,7H2,(H2,17,19). The number of rotatable bonds is 4. The van der Waals surface area contributed by atoms with Crippen LogP contribution in [0.3, 0.4) is 0 Å². The molecule has 1 heterocycles. The molecule has 8 heteroatoms. The lowest BCUT2D eigenvalue weighted by Crippen LogP contribution is -2.31. The highest BCUT2D eigenvalue weighted by Gasteiger charge is 2.35. The number of nitrogens with two attached hydrogens (primary N) is 1. The van der Waals surface area contributed by atoms with Crippen LogP contribution in [0.25, 0.3) is 0 Å². The SMILES string of the molecule is NC(=O)CCN1C(=O)CSC1c1cccc(C(F)(F)F)c1. The lowest BCUT2D eigenvalue weighted by Gasteiger charge is -2.24. The number of primary amides is 1. The maximum atomic E-state index is 12.7. The summed E-state index contributed by atoms with van der Waals surface area (Å²) in [6, 6.07) is 4.88. The maximum Gasteiger partial charge on any atom is 0.416 e. The minimum Gasteiger partial charge on any atom is -0.370 e. The molecular formula is C13H13F3N2O2S. The van der Waals surface area contributed by atoms with Gasteiger partial charge in [-0.1, -0.05) is 12.1 Å². The Morgan fingerprint density at radius 2 is 2.14 bits per heavy atom. The Bertz CT molecular complexity index is 563. The quantitative estimate of drug-likeness (QED) is 0.925. The van der Waals surface area contributed by atoms with E-state index in [4.69, 9.17) is 5.73 Å². The molecule has 0 aromatic heterocycles. The average molecular weight is 318 g/mol. The van der Waals surface area contributed by atoms with Gasteiger partial charge in [-0.05, 0) is 17.7 Å². The van der Waals surface area contributed by atoms with E-state index in [0.29, 0.717) is 5.56 Å². The topological polar surface area (TPSA) is 63.4 Å². The highest BCUT2D eigenvalue weighted by atomic mass is 32.2. The van der Waals surface area contributed by atoms with E-state index in [-0.39, 0.29) is 24.6 Å². The van der Waals surface area contributed by atoms with Gasteiger partial charge in [0.1, 0.15) is 5.37 Å². The first-order valence-corrected chi connectivity index (χ1v) is 7.20. The van der Waals surface area contributed by atoms with Gasteiger partial charge in [0.2, 0.25) is 11.8 Å². The molecule has 21 heavy (non-hydrogen) atoms. The summed E-state index contributed by atoms with van der Waals surface area (Å²) >= 11 is 1.24. The van der Waals surface area contributed by atoms with Gasteiger partial charge in [0, 0.05) is 13.0 Å². The third-order valence-electron chi connectivity index (χ3n) is 3.07. The van der Waals surface area contributed by atoms with E-state index >= 15 is 0 Å². The summed E-state index contributed by atoms with van der Waals surface area (Å²) < 4.78 is 38.2. The fraction of sp³-hybridized carbons (Fsp3) is 0.385. The van der Waals surface area contributed by atoms with Gasteiger partial charge in [-0.15, -0.1) is 11.8 Å². The smallest absolute Gasteiger partial charge is 0.370 e. The minimum atomic E-state index is -4.43. The molecule has 2 rings (SSSR count). The zero-order valence-electron chi connectivity index (χ0n) is 10.9. The van der Waals surface area contributed by atoms with Crippen LogP contribution in [0.4, 0.5) is 13.2 Å². The van der Waals surface area contributed by atoms with Gasteiger partial charge in [0.25, 0.3) is 0 Å². The van der Waals surface area contributed by atoms with Gasteiger partial charge >= 0.3 is 6.18 Å².